The number of hydrogen-bond acceptors (Lipinski definition) is 3. The summed E-state index contributed by atoms with van der Waals surface area (Å²) < 4.78 is 0. The van der Waals surface area contributed by atoms with Crippen molar-refractivity contribution in [1.29, 1.82) is 0 Å². The molecule has 0 amide bonds. The average Bonchev–Trinajstić information content (AvgIpc) is 2.46. The van der Waals surface area contributed by atoms with E-state index in [0.717, 1.165) is 18.7 Å². The average molecular weight is 272 g/mol. The molecule has 0 aliphatic heterocycles. The van der Waals surface area contributed by atoms with Gasteiger partial charge in [0, 0.05) is 6.54 Å². The third-order valence-corrected chi connectivity index (χ3v) is 5.83. The van der Waals surface area contributed by atoms with Crippen LogP contribution in [0.1, 0.15) is 39.2 Å². The zero-order chi connectivity index (χ0) is 14.4. The Morgan fingerprint density at radius 1 is 1.25 bits per heavy atom. The van der Waals surface area contributed by atoms with Crippen molar-refractivity contribution in [3.05, 3.63) is 35.9 Å². The van der Waals surface area contributed by atoms with E-state index < -0.39 is 0 Å². The van der Waals surface area contributed by atoms with Crippen molar-refractivity contribution in [1.82, 2.24) is 5.32 Å². The first-order valence-electron chi connectivity index (χ1n) is 7.49. The van der Waals surface area contributed by atoms with E-state index in [1.54, 1.807) is 0 Å². The molecular weight excluding hydrogens is 248 g/mol. The Morgan fingerprint density at radius 3 is 2.55 bits per heavy atom. The lowest BCUT2D eigenvalue weighted by molar-refractivity contribution is -0.0739. The number of oxime groups is 1. The van der Waals surface area contributed by atoms with Crippen molar-refractivity contribution in [3.8, 4) is 0 Å². The van der Waals surface area contributed by atoms with Crippen LogP contribution in [0.3, 0.4) is 0 Å². The van der Waals surface area contributed by atoms with E-state index in [-0.39, 0.29) is 5.54 Å². The SMILES string of the molecule is CC1(C)[C@H]2C/C(=N/O)[C@@](C)(NCc3ccccc3)[C@H]1C2. The molecule has 0 saturated heterocycles. The van der Waals surface area contributed by atoms with Crippen molar-refractivity contribution in [3.63, 3.8) is 0 Å². The molecule has 108 valence electrons. The van der Waals surface area contributed by atoms with Gasteiger partial charge in [-0.3, -0.25) is 0 Å². The fourth-order valence-corrected chi connectivity index (χ4v) is 4.24. The van der Waals surface area contributed by atoms with Crippen LogP contribution in [0.15, 0.2) is 35.5 Å². The largest absolute Gasteiger partial charge is 0.411 e. The molecule has 2 N–H and O–H groups in total. The van der Waals surface area contributed by atoms with Crippen LogP contribution in [-0.2, 0) is 6.54 Å². The lowest BCUT2D eigenvalue weighted by atomic mass is 9.43. The van der Waals surface area contributed by atoms with Gasteiger partial charge >= 0.3 is 0 Å². The van der Waals surface area contributed by atoms with E-state index >= 15 is 0 Å². The fraction of sp³-hybridized carbons (Fsp3) is 0.588. The van der Waals surface area contributed by atoms with E-state index in [9.17, 15) is 5.21 Å². The molecule has 0 radical (unpaired) electrons. The molecule has 3 fully saturated rings. The van der Waals surface area contributed by atoms with Crippen molar-refractivity contribution in [2.75, 3.05) is 0 Å². The van der Waals surface area contributed by atoms with Gasteiger partial charge in [-0.1, -0.05) is 49.3 Å². The Hall–Kier alpha value is -1.35. The van der Waals surface area contributed by atoms with Crippen LogP contribution in [0.2, 0.25) is 0 Å². The van der Waals surface area contributed by atoms with Crippen LogP contribution in [0.5, 0.6) is 0 Å². The highest BCUT2D eigenvalue weighted by molar-refractivity contribution is 5.95. The maximum atomic E-state index is 9.38. The van der Waals surface area contributed by atoms with E-state index in [0.29, 0.717) is 17.3 Å². The zero-order valence-corrected chi connectivity index (χ0v) is 12.6. The molecule has 1 aromatic rings. The summed E-state index contributed by atoms with van der Waals surface area (Å²) in [6, 6.07) is 10.4. The smallest absolute Gasteiger partial charge is 0.0774 e. The van der Waals surface area contributed by atoms with Crippen LogP contribution in [0.4, 0.5) is 0 Å². The van der Waals surface area contributed by atoms with Crippen LogP contribution >= 0.6 is 0 Å². The second-order valence-electron chi connectivity index (χ2n) is 7.10. The first kappa shape index (κ1) is 13.6. The van der Waals surface area contributed by atoms with Crippen molar-refractivity contribution in [2.45, 2.75) is 45.7 Å². The highest BCUT2D eigenvalue weighted by atomic mass is 16.4. The molecule has 3 saturated carbocycles. The van der Waals surface area contributed by atoms with Crippen LogP contribution in [0.25, 0.3) is 0 Å². The van der Waals surface area contributed by atoms with E-state index in [1.807, 2.05) is 6.07 Å². The number of nitrogens with zero attached hydrogens (tertiary/aromatic N) is 1. The third-order valence-electron chi connectivity index (χ3n) is 5.83. The molecule has 0 aromatic heterocycles. The quantitative estimate of drug-likeness (QED) is 0.654. The molecular formula is C17H24N2O. The first-order valence-corrected chi connectivity index (χ1v) is 7.49. The number of rotatable bonds is 3. The fourth-order valence-electron chi connectivity index (χ4n) is 4.24. The monoisotopic (exact) mass is 272 g/mol. The van der Waals surface area contributed by atoms with E-state index in [2.05, 4.69) is 55.5 Å². The van der Waals surface area contributed by atoms with Crippen LogP contribution in [0, 0.1) is 17.3 Å². The molecule has 1 aromatic carbocycles. The van der Waals surface area contributed by atoms with E-state index in [4.69, 9.17) is 0 Å². The van der Waals surface area contributed by atoms with E-state index in [1.165, 1.54) is 12.0 Å². The minimum atomic E-state index is -0.192. The number of fused-ring (bicyclic) bond motifs is 2. The molecule has 20 heavy (non-hydrogen) atoms. The minimum Gasteiger partial charge on any atom is -0.411 e. The first-order chi connectivity index (χ1) is 9.48. The Balaban J connectivity index is 1.81. The van der Waals surface area contributed by atoms with Gasteiger partial charge in [-0.25, -0.2) is 0 Å². The molecule has 2 bridgehead atoms. The lowest BCUT2D eigenvalue weighted by Crippen LogP contribution is -2.70. The second-order valence-corrected chi connectivity index (χ2v) is 7.10. The van der Waals surface area contributed by atoms with Gasteiger partial charge in [0.15, 0.2) is 0 Å². The summed E-state index contributed by atoms with van der Waals surface area (Å²) in [6.45, 7) is 7.71. The van der Waals surface area contributed by atoms with Crippen molar-refractivity contribution in [2.24, 2.45) is 22.4 Å². The van der Waals surface area contributed by atoms with Gasteiger partial charge in [0.1, 0.15) is 0 Å². The standard InChI is InChI=1S/C17H24N2O/c1-16(2)13-9-14(16)17(3,15(10-13)19-20)18-11-12-7-5-4-6-8-12/h4-8,13-14,18,20H,9-11H2,1-3H3/b19-15-/t13-,14+,17+/m1/s1. The van der Waals surface area contributed by atoms with Gasteiger partial charge < -0.3 is 10.5 Å². The molecule has 3 aliphatic carbocycles. The summed E-state index contributed by atoms with van der Waals surface area (Å²) in [5.74, 6) is 1.22. The molecule has 3 atom stereocenters. The lowest BCUT2D eigenvalue weighted by Gasteiger charge is -2.64. The Morgan fingerprint density at radius 2 is 1.95 bits per heavy atom. The zero-order valence-electron chi connectivity index (χ0n) is 12.6. The van der Waals surface area contributed by atoms with Crippen LogP contribution in [-0.4, -0.2) is 16.5 Å². The molecule has 4 rings (SSSR count). The maximum absolute atomic E-state index is 9.38. The highest BCUT2D eigenvalue weighted by Gasteiger charge is 2.62. The molecule has 0 heterocycles. The predicted molar refractivity (Wildman–Crippen MR) is 80.9 cm³/mol. The molecule has 3 heteroatoms. The topological polar surface area (TPSA) is 44.6 Å². The summed E-state index contributed by atoms with van der Waals surface area (Å²) in [5, 5.41) is 16.7. The summed E-state index contributed by atoms with van der Waals surface area (Å²) in [4.78, 5) is 0. The molecule has 3 aliphatic rings. The van der Waals surface area contributed by atoms with Gasteiger partial charge in [0.05, 0.1) is 11.3 Å². The summed E-state index contributed by atoms with van der Waals surface area (Å²) in [6.07, 6.45) is 2.16. The minimum absolute atomic E-state index is 0.192. The van der Waals surface area contributed by atoms with Gasteiger partial charge in [-0.15, -0.1) is 0 Å². The van der Waals surface area contributed by atoms with Gasteiger partial charge in [-0.2, -0.15) is 0 Å². The van der Waals surface area contributed by atoms with Crippen molar-refractivity contribution < 1.29 is 5.21 Å². The van der Waals surface area contributed by atoms with Gasteiger partial charge in [0.25, 0.3) is 0 Å². The number of hydrogen-bond donors (Lipinski definition) is 2. The van der Waals surface area contributed by atoms with Gasteiger partial charge in [0.2, 0.25) is 0 Å². The van der Waals surface area contributed by atoms with Crippen LogP contribution < -0.4 is 5.32 Å². The van der Waals surface area contributed by atoms with Gasteiger partial charge in [-0.05, 0) is 42.6 Å². The maximum Gasteiger partial charge on any atom is 0.0774 e. The molecule has 0 spiro atoms. The van der Waals surface area contributed by atoms with Crippen molar-refractivity contribution >= 4 is 5.71 Å². The Bertz CT molecular complexity index is 523. The number of nitrogens with one attached hydrogen (secondary N) is 1. The Kier molecular flexibility index (Phi) is 3.13. The highest BCUT2D eigenvalue weighted by Crippen LogP contribution is 2.61. The summed E-state index contributed by atoms with van der Waals surface area (Å²) in [5.41, 5.74) is 2.34. The number of benzene rings is 1. The Labute approximate surface area is 121 Å². The second kappa shape index (κ2) is 4.59. The molecule has 0 unspecified atom stereocenters. The molecule has 3 nitrogen and oxygen atoms in total. The normalized spacial score (nSPS) is 36.6. The third kappa shape index (κ3) is 1.87. The summed E-state index contributed by atoms with van der Waals surface area (Å²) in [7, 11) is 0. The summed E-state index contributed by atoms with van der Waals surface area (Å²) >= 11 is 0. The predicted octanol–water partition coefficient (Wildman–Crippen LogP) is 3.43.